The van der Waals surface area contributed by atoms with E-state index in [0.717, 1.165) is 31.6 Å². The Kier molecular flexibility index (Phi) is 5.19. The van der Waals surface area contributed by atoms with Crippen LogP contribution in [-0.2, 0) is 0 Å². The van der Waals surface area contributed by atoms with Crippen molar-refractivity contribution < 1.29 is 4.79 Å². The summed E-state index contributed by atoms with van der Waals surface area (Å²) in [5, 5.41) is 3.08. The van der Waals surface area contributed by atoms with Gasteiger partial charge in [0.2, 0.25) is 0 Å². The number of aryl methyl sites for hydroxylation is 2. The van der Waals surface area contributed by atoms with Crippen molar-refractivity contribution in [2.24, 2.45) is 0 Å². The first kappa shape index (κ1) is 16.6. The molecule has 1 N–H and O–H groups in total. The summed E-state index contributed by atoms with van der Waals surface area (Å²) in [5.41, 5.74) is 4.56. The van der Waals surface area contributed by atoms with Crippen LogP contribution < -0.4 is 5.32 Å². The van der Waals surface area contributed by atoms with E-state index >= 15 is 0 Å². The van der Waals surface area contributed by atoms with Crippen molar-refractivity contribution >= 4 is 11.7 Å². The summed E-state index contributed by atoms with van der Waals surface area (Å²) in [6.45, 7) is 5.74. The number of carbonyl (C=O) groups excluding carboxylic acids is 1. The molecule has 0 spiro atoms. The van der Waals surface area contributed by atoms with Crippen LogP contribution in [0, 0.1) is 13.8 Å². The van der Waals surface area contributed by atoms with Crippen LogP contribution in [-0.4, -0.2) is 24.0 Å². The molecule has 0 radical (unpaired) electrons. The second kappa shape index (κ2) is 7.52. The Hall–Kier alpha value is -2.29. The van der Waals surface area contributed by atoms with Crippen molar-refractivity contribution in [2.45, 2.75) is 39.0 Å². The van der Waals surface area contributed by atoms with E-state index < -0.39 is 0 Å². The molecule has 126 valence electrons. The van der Waals surface area contributed by atoms with Gasteiger partial charge in [0.1, 0.15) is 0 Å². The van der Waals surface area contributed by atoms with Gasteiger partial charge in [-0.05, 0) is 55.5 Å². The number of hydrogen-bond acceptors (Lipinski definition) is 1. The van der Waals surface area contributed by atoms with Gasteiger partial charge in [0.25, 0.3) is 0 Å². The van der Waals surface area contributed by atoms with E-state index in [-0.39, 0.29) is 6.03 Å². The number of benzene rings is 2. The van der Waals surface area contributed by atoms with Gasteiger partial charge >= 0.3 is 6.03 Å². The Morgan fingerprint density at radius 2 is 1.75 bits per heavy atom. The molecule has 1 aliphatic heterocycles. The van der Waals surface area contributed by atoms with Gasteiger partial charge in [0, 0.05) is 24.7 Å². The Morgan fingerprint density at radius 1 is 1.04 bits per heavy atom. The zero-order valence-electron chi connectivity index (χ0n) is 14.6. The van der Waals surface area contributed by atoms with Crippen LogP contribution in [0.4, 0.5) is 10.5 Å². The molecule has 1 fully saturated rings. The molecule has 1 heterocycles. The zero-order chi connectivity index (χ0) is 16.9. The average molecular weight is 322 g/mol. The van der Waals surface area contributed by atoms with E-state index in [1.165, 1.54) is 23.1 Å². The third-order valence-corrected chi connectivity index (χ3v) is 4.70. The van der Waals surface area contributed by atoms with E-state index in [1.54, 1.807) is 0 Å². The molecule has 3 rings (SSSR count). The number of amides is 2. The van der Waals surface area contributed by atoms with Crippen molar-refractivity contribution in [1.29, 1.82) is 0 Å². The molecule has 1 unspecified atom stereocenters. The van der Waals surface area contributed by atoms with Crippen molar-refractivity contribution in [1.82, 2.24) is 4.90 Å². The molecule has 1 saturated heterocycles. The molecule has 3 nitrogen and oxygen atoms in total. The minimum atomic E-state index is 0.0165. The summed E-state index contributed by atoms with van der Waals surface area (Å²) >= 11 is 0. The summed E-state index contributed by atoms with van der Waals surface area (Å²) < 4.78 is 0. The molecule has 2 aromatic rings. The Labute approximate surface area is 144 Å². The molecule has 0 aromatic heterocycles. The zero-order valence-corrected chi connectivity index (χ0v) is 14.6. The minimum absolute atomic E-state index is 0.0165. The van der Waals surface area contributed by atoms with Crippen LogP contribution in [0.5, 0.6) is 0 Å². The average Bonchev–Trinajstić information content (AvgIpc) is 2.81. The molecule has 2 aromatic carbocycles. The van der Waals surface area contributed by atoms with Crippen molar-refractivity contribution in [3.05, 3.63) is 65.2 Å². The van der Waals surface area contributed by atoms with Gasteiger partial charge in [0.05, 0.1) is 0 Å². The lowest BCUT2D eigenvalue weighted by Gasteiger charge is -2.25. The lowest BCUT2D eigenvalue weighted by atomic mass is 9.94. The van der Waals surface area contributed by atoms with Crippen LogP contribution >= 0.6 is 0 Å². The van der Waals surface area contributed by atoms with Gasteiger partial charge in [-0.3, -0.25) is 0 Å². The summed E-state index contributed by atoms with van der Waals surface area (Å²) in [6, 6.07) is 16.8. The van der Waals surface area contributed by atoms with Gasteiger partial charge in [-0.1, -0.05) is 42.8 Å². The highest BCUT2D eigenvalue weighted by molar-refractivity contribution is 5.89. The first-order valence-electron chi connectivity index (χ1n) is 8.81. The van der Waals surface area contributed by atoms with Crippen LogP contribution in [0.25, 0.3) is 0 Å². The van der Waals surface area contributed by atoms with Gasteiger partial charge in [0.15, 0.2) is 0 Å². The summed E-state index contributed by atoms with van der Waals surface area (Å²) in [6.07, 6.45) is 3.40. The molecule has 24 heavy (non-hydrogen) atoms. The van der Waals surface area contributed by atoms with E-state index in [9.17, 15) is 4.79 Å². The summed E-state index contributed by atoms with van der Waals surface area (Å²) in [5.74, 6) is 0.429. The van der Waals surface area contributed by atoms with E-state index in [2.05, 4.69) is 49.5 Å². The van der Waals surface area contributed by atoms with Crippen molar-refractivity contribution in [3.8, 4) is 0 Å². The van der Waals surface area contributed by atoms with Crippen molar-refractivity contribution in [2.75, 3.05) is 18.4 Å². The molecule has 0 saturated carbocycles. The first-order chi connectivity index (χ1) is 11.6. The molecule has 0 aliphatic carbocycles. The maximum Gasteiger partial charge on any atom is 0.321 e. The summed E-state index contributed by atoms with van der Waals surface area (Å²) in [7, 11) is 0. The monoisotopic (exact) mass is 322 g/mol. The molecular formula is C21H26N2O. The number of anilines is 1. The molecule has 2 amide bonds. The number of carbonyl (C=O) groups is 1. The predicted octanol–water partition coefficient (Wildman–Crippen LogP) is 5.11. The van der Waals surface area contributed by atoms with E-state index in [0.29, 0.717) is 5.92 Å². The van der Waals surface area contributed by atoms with Crippen molar-refractivity contribution in [3.63, 3.8) is 0 Å². The quantitative estimate of drug-likeness (QED) is 0.819. The number of rotatable bonds is 2. The second-order valence-corrected chi connectivity index (χ2v) is 6.86. The SMILES string of the molecule is Cc1cc(C)cc(NC(=O)N2CCCCC(c3ccccc3)C2)c1. The second-order valence-electron chi connectivity index (χ2n) is 6.86. The lowest BCUT2D eigenvalue weighted by Crippen LogP contribution is -2.37. The van der Waals surface area contributed by atoms with Gasteiger partial charge in [-0.2, -0.15) is 0 Å². The highest BCUT2D eigenvalue weighted by Crippen LogP contribution is 2.26. The van der Waals surface area contributed by atoms with Crippen LogP contribution in [0.3, 0.4) is 0 Å². The number of urea groups is 1. The standard InChI is InChI=1S/C21H26N2O/c1-16-12-17(2)14-20(13-16)22-21(24)23-11-7-6-10-19(15-23)18-8-4-3-5-9-18/h3-5,8-9,12-14,19H,6-7,10-11,15H2,1-2H3,(H,22,24). The topological polar surface area (TPSA) is 32.3 Å². The summed E-state index contributed by atoms with van der Waals surface area (Å²) in [4.78, 5) is 14.7. The molecule has 1 aliphatic rings. The smallest absolute Gasteiger partial charge is 0.321 e. The highest BCUT2D eigenvalue weighted by Gasteiger charge is 2.23. The first-order valence-corrected chi connectivity index (χ1v) is 8.81. The number of nitrogens with one attached hydrogen (secondary N) is 1. The fourth-order valence-corrected chi connectivity index (χ4v) is 3.57. The Morgan fingerprint density at radius 3 is 2.46 bits per heavy atom. The number of likely N-dealkylation sites (tertiary alicyclic amines) is 1. The maximum absolute atomic E-state index is 12.7. The van der Waals surface area contributed by atoms with E-state index in [1.807, 2.05) is 23.1 Å². The fourth-order valence-electron chi connectivity index (χ4n) is 3.57. The lowest BCUT2D eigenvalue weighted by molar-refractivity contribution is 0.211. The van der Waals surface area contributed by atoms with E-state index in [4.69, 9.17) is 0 Å². The normalized spacial score (nSPS) is 18.1. The molecule has 0 bridgehead atoms. The van der Waals surface area contributed by atoms with Crippen LogP contribution in [0.2, 0.25) is 0 Å². The van der Waals surface area contributed by atoms with Crippen LogP contribution in [0.1, 0.15) is 41.9 Å². The van der Waals surface area contributed by atoms with Gasteiger partial charge in [-0.25, -0.2) is 4.79 Å². The molecule has 1 atom stereocenters. The number of hydrogen-bond donors (Lipinski definition) is 1. The predicted molar refractivity (Wildman–Crippen MR) is 99.5 cm³/mol. The fraction of sp³-hybridized carbons (Fsp3) is 0.381. The third-order valence-electron chi connectivity index (χ3n) is 4.70. The third kappa shape index (κ3) is 4.16. The molecule has 3 heteroatoms. The Bertz CT molecular complexity index is 676. The van der Waals surface area contributed by atoms with Crippen LogP contribution in [0.15, 0.2) is 48.5 Å². The largest absolute Gasteiger partial charge is 0.324 e. The minimum Gasteiger partial charge on any atom is -0.324 e. The highest BCUT2D eigenvalue weighted by atomic mass is 16.2. The van der Waals surface area contributed by atoms with Gasteiger partial charge in [-0.15, -0.1) is 0 Å². The maximum atomic E-state index is 12.7. The number of nitrogens with zero attached hydrogens (tertiary/aromatic N) is 1. The molecular weight excluding hydrogens is 296 g/mol. The Balaban J connectivity index is 1.71. The van der Waals surface area contributed by atoms with Gasteiger partial charge < -0.3 is 10.2 Å².